The maximum absolute atomic E-state index is 4.98. The van der Waals surface area contributed by atoms with E-state index in [1.165, 1.54) is 0 Å². The van der Waals surface area contributed by atoms with Gasteiger partial charge in [0.05, 0.1) is 7.11 Å². The van der Waals surface area contributed by atoms with Crippen LogP contribution in [0.4, 0.5) is 0 Å². The minimum absolute atomic E-state index is 0.369. The molecule has 0 aliphatic heterocycles. The molecule has 72 valence electrons. The Hall–Kier alpha value is -1.91. The summed E-state index contributed by atoms with van der Waals surface area (Å²) in [5.41, 5.74) is 0.862. The molecule has 2 aromatic heterocycles. The highest BCUT2D eigenvalue weighted by Crippen LogP contribution is 2.09. The fraction of sp³-hybridized carbons (Fsp3) is 0.222. The van der Waals surface area contributed by atoms with Gasteiger partial charge >= 0.3 is 6.01 Å². The molecule has 5 heteroatoms. The van der Waals surface area contributed by atoms with Crippen molar-refractivity contribution in [2.75, 3.05) is 7.11 Å². The number of methoxy groups -OCH3 is 1. The molecule has 0 aliphatic carbocycles. The van der Waals surface area contributed by atoms with Crippen molar-refractivity contribution < 1.29 is 4.74 Å². The number of nitrogens with zero attached hydrogens (tertiary/aromatic N) is 4. The van der Waals surface area contributed by atoms with Crippen LogP contribution in [0.2, 0.25) is 0 Å². The first-order valence-electron chi connectivity index (χ1n) is 4.17. The summed E-state index contributed by atoms with van der Waals surface area (Å²) in [7, 11) is 1.55. The third-order valence-electron chi connectivity index (χ3n) is 1.77. The van der Waals surface area contributed by atoms with Crippen molar-refractivity contribution in [1.82, 2.24) is 19.5 Å². The Kier molecular flexibility index (Phi) is 2.14. The van der Waals surface area contributed by atoms with E-state index in [0.717, 1.165) is 11.5 Å². The Morgan fingerprint density at radius 1 is 1.36 bits per heavy atom. The van der Waals surface area contributed by atoms with Gasteiger partial charge in [0.1, 0.15) is 12.1 Å². The van der Waals surface area contributed by atoms with Crippen molar-refractivity contribution in [3.63, 3.8) is 0 Å². The molecule has 0 radical (unpaired) electrons. The highest BCUT2D eigenvalue weighted by molar-refractivity contribution is 5.26. The van der Waals surface area contributed by atoms with Crippen LogP contribution < -0.4 is 4.74 Å². The minimum Gasteiger partial charge on any atom is -0.467 e. The number of hydrogen-bond donors (Lipinski definition) is 0. The lowest BCUT2D eigenvalue weighted by molar-refractivity contribution is 0.378. The largest absolute Gasteiger partial charge is 0.467 e. The maximum Gasteiger partial charge on any atom is 0.318 e. The van der Waals surface area contributed by atoms with Crippen molar-refractivity contribution in [2.24, 2.45) is 0 Å². The van der Waals surface area contributed by atoms with Crippen molar-refractivity contribution in [3.8, 4) is 11.8 Å². The molecule has 0 amide bonds. The zero-order valence-electron chi connectivity index (χ0n) is 8.01. The van der Waals surface area contributed by atoms with E-state index in [1.54, 1.807) is 24.2 Å². The van der Waals surface area contributed by atoms with E-state index >= 15 is 0 Å². The molecule has 0 saturated carbocycles. The Morgan fingerprint density at radius 3 is 2.86 bits per heavy atom. The van der Waals surface area contributed by atoms with Gasteiger partial charge in [-0.15, -0.1) is 0 Å². The van der Waals surface area contributed by atoms with Crippen LogP contribution in [0, 0.1) is 6.92 Å². The molecule has 0 unspecified atom stereocenters. The molecule has 0 saturated heterocycles. The molecule has 0 fully saturated rings. The molecule has 2 heterocycles. The zero-order chi connectivity index (χ0) is 9.97. The maximum atomic E-state index is 4.98. The molecule has 2 rings (SSSR count). The summed E-state index contributed by atoms with van der Waals surface area (Å²) in [6.45, 7) is 1.89. The van der Waals surface area contributed by atoms with E-state index < -0.39 is 0 Å². The lowest BCUT2D eigenvalue weighted by Gasteiger charge is -2.04. The van der Waals surface area contributed by atoms with Gasteiger partial charge in [-0.25, -0.2) is 9.97 Å². The summed E-state index contributed by atoms with van der Waals surface area (Å²) in [6.07, 6.45) is 5.20. The van der Waals surface area contributed by atoms with Crippen LogP contribution in [0.15, 0.2) is 24.8 Å². The molecule has 2 aromatic rings. The molecule has 5 nitrogen and oxygen atoms in total. The van der Waals surface area contributed by atoms with Crippen molar-refractivity contribution in [2.45, 2.75) is 6.92 Å². The summed E-state index contributed by atoms with van der Waals surface area (Å²) in [6, 6.07) is 2.23. The molecular formula is C9H10N4O. The molecule has 14 heavy (non-hydrogen) atoms. The molecule has 0 aromatic carbocycles. The van der Waals surface area contributed by atoms with Crippen LogP contribution in [0.1, 0.15) is 5.69 Å². The van der Waals surface area contributed by atoms with Crippen LogP contribution in [-0.2, 0) is 0 Å². The second kappa shape index (κ2) is 3.45. The first-order chi connectivity index (χ1) is 6.79. The summed E-state index contributed by atoms with van der Waals surface area (Å²) in [4.78, 5) is 12.2. The van der Waals surface area contributed by atoms with Crippen LogP contribution in [-0.4, -0.2) is 26.6 Å². The standard InChI is InChI=1S/C9H10N4O/c1-7-5-8(12-9(11-7)14-2)13-4-3-10-6-13/h3-6H,1-2H3. The number of imidazole rings is 1. The summed E-state index contributed by atoms with van der Waals surface area (Å²) < 4.78 is 6.78. The Labute approximate surface area is 81.4 Å². The second-order valence-corrected chi connectivity index (χ2v) is 2.82. The van der Waals surface area contributed by atoms with Gasteiger partial charge in [-0.2, -0.15) is 4.98 Å². The van der Waals surface area contributed by atoms with Gasteiger partial charge in [0.2, 0.25) is 0 Å². The first-order valence-corrected chi connectivity index (χ1v) is 4.17. The van der Waals surface area contributed by atoms with Gasteiger partial charge in [0, 0.05) is 24.2 Å². The predicted molar refractivity (Wildman–Crippen MR) is 50.4 cm³/mol. The Bertz CT molecular complexity index is 424. The van der Waals surface area contributed by atoms with E-state index in [9.17, 15) is 0 Å². The van der Waals surface area contributed by atoms with E-state index in [1.807, 2.05) is 19.2 Å². The zero-order valence-corrected chi connectivity index (χ0v) is 8.01. The van der Waals surface area contributed by atoms with Gasteiger partial charge < -0.3 is 4.74 Å². The van der Waals surface area contributed by atoms with Crippen molar-refractivity contribution in [1.29, 1.82) is 0 Å². The molecule has 0 bridgehead atoms. The van der Waals surface area contributed by atoms with Crippen LogP contribution in [0.5, 0.6) is 6.01 Å². The molecule has 0 N–H and O–H groups in total. The first kappa shape index (κ1) is 8.68. The lowest BCUT2D eigenvalue weighted by atomic mass is 10.4. The highest BCUT2D eigenvalue weighted by Gasteiger charge is 2.02. The predicted octanol–water partition coefficient (Wildman–Crippen LogP) is 0.979. The van der Waals surface area contributed by atoms with Crippen LogP contribution >= 0.6 is 0 Å². The van der Waals surface area contributed by atoms with Gasteiger partial charge in [-0.1, -0.05) is 0 Å². The fourth-order valence-electron chi connectivity index (χ4n) is 1.14. The smallest absolute Gasteiger partial charge is 0.318 e. The van der Waals surface area contributed by atoms with E-state index in [4.69, 9.17) is 4.74 Å². The Morgan fingerprint density at radius 2 is 2.21 bits per heavy atom. The quantitative estimate of drug-likeness (QED) is 0.708. The topological polar surface area (TPSA) is 52.8 Å². The molecular weight excluding hydrogens is 180 g/mol. The molecule has 0 atom stereocenters. The van der Waals surface area contributed by atoms with Crippen molar-refractivity contribution >= 4 is 0 Å². The van der Waals surface area contributed by atoms with Gasteiger partial charge in [-0.05, 0) is 6.92 Å². The summed E-state index contributed by atoms with van der Waals surface area (Å²) in [5, 5.41) is 0. The third-order valence-corrected chi connectivity index (χ3v) is 1.77. The average Bonchev–Trinajstić information content (AvgIpc) is 2.69. The molecule has 0 spiro atoms. The SMILES string of the molecule is COc1nc(C)cc(-n2ccnc2)n1. The van der Waals surface area contributed by atoms with Crippen molar-refractivity contribution in [3.05, 3.63) is 30.5 Å². The Balaban J connectivity index is 2.48. The van der Waals surface area contributed by atoms with Gasteiger partial charge in [-0.3, -0.25) is 4.57 Å². The van der Waals surface area contributed by atoms with Crippen LogP contribution in [0.25, 0.3) is 5.82 Å². The van der Waals surface area contributed by atoms with Crippen LogP contribution in [0.3, 0.4) is 0 Å². The highest BCUT2D eigenvalue weighted by atomic mass is 16.5. The lowest BCUT2D eigenvalue weighted by Crippen LogP contribution is -2.00. The second-order valence-electron chi connectivity index (χ2n) is 2.82. The summed E-state index contributed by atoms with van der Waals surface area (Å²) >= 11 is 0. The number of ether oxygens (including phenoxy) is 1. The number of aromatic nitrogens is 4. The van der Waals surface area contributed by atoms with E-state index in [-0.39, 0.29) is 0 Å². The van der Waals surface area contributed by atoms with E-state index in [2.05, 4.69) is 15.0 Å². The number of rotatable bonds is 2. The average molecular weight is 190 g/mol. The minimum atomic E-state index is 0.369. The monoisotopic (exact) mass is 190 g/mol. The normalized spacial score (nSPS) is 10.1. The fourth-order valence-corrected chi connectivity index (χ4v) is 1.14. The number of aryl methyl sites for hydroxylation is 1. The third kappa shape index (κ3) is 1.56. The number of hydrogen-bond acceptors (Lipinski definition) is 4. The van der Waals surface area contributed by atoms with E-state index in [0.29, 0.717) is 6.01 Å². The molecule has 0 aliphatic rings. The van der Waals surface area contributed by atoms with Gasteiger partial charge in [0.25, 0.3) is 0 Å². The van der Waals surface area contributed by atoms with Gasteiger partial charge in [0.15, 0.2) is 0 Å². The summed E-state index contributed by atoms with van der Waals surface area (Å²) in [5.74, 6) is 0.756.